The minimum atomic E-state index is -0.124. The number of nitrogens with zero attached hydrogens (tertiary/aromatic N) is 1. The molecule has 0 spiro atoms. The Morgan fingerprint density at radius 1 is 1.32 bits per heavy atom. The van der Waals surface area contributed by atoms with E-state index in [0.29, 0.717) is 30.9 Å². The molecule has 1 N–H and O–H groups in total. The normalized spacial score (nSPS) is 19.1. The average molecular weight is 262 g/mol. The largest absolute Gasteiger partial charge is 0.375 e. The summed E-state index contributed by atoms with van der Waals surface area (Å²) in [6.45, 7) is 5.23. The number of morpholine rings is 1. The molecule has 1 fully saturated rings. The molecule has 1 aromatic carbocycles. The van der Waals surface area contributed by atoms with Crippen molar-refractivity contribution in [2.45, 2.75) is 20.0 Å². The van der Waals surface area contributed by atoms with Gasteiger partial charge in [0.05, 0.1) is 12.7 Å². The number of carbonyl (C=O) groups excluding carboxylic acids is 2. The van der Waals surface area contributed by atoms with Gasteiger partial charge in [-0.3, -0.25) is 9.59 Å². The van der Waals surface area contributed by atoms with Gasteiger partial charge in [-0.1, -0.05) is 0 Å². The Hall–Kier alpha value is -1.88. The maximum absolute atomic E-state index is 12.3. The first-order chi connectivity index (χ1) is 9.06. The van der Waals surface area contributed by atoms with Crippen LogP contribution in [0.2, 0.25) is 0 Å². The topological polar surface area (TPSA) is 58.6 Å². The first kappa shape index (κ1) is 13.5. The van der Waals surface area contributed by atoms with Gasteiger partial charge in [-0.05, 0) is 31.2 Å². The molecule has 1 aromatic rings. The summed E-state index contributed by atoms with van der Waals surface area (Å²) in [5.41, 5.74) is 1.32. The lowest BCUT2D eigenvalue weighted by Gasteiger charge is -2.31. The average Bonchev–Trinajstić information content (AvgIpc) is 2.38. The van der Waals surface area contributed by atoms with Gasteiger partial charge in [0.1, 0.15) is 0 Å². The highest BCUT2D eigenvalue weighted by Crippen LogP contribution is 2.13. The van der Waals surface area contributed by atoms with E-state index in [-0.39, 0.29) is 17.9 Å². The zero-order valence-electron chi connectivity index (χ0n) is 11.2. The second kappa shape index (κ2) is 5.84. The molecule has 1 saturated heterocycles. The van der Waals surface area contributed by atoms with Crippen molar-refractivity contribution in [3.8, 4) is 0 Å². The lowest BCUT2D eigenvalue weighted by atomic mass is 10.1. The zero-order valence-corrected chi connectivity index (χ0v) is 11.2. The van der Waals surface area contributed by atoms with E-state index >= 15 is 0 Å². The molecule has 5 heteroatoms. The van der Waals surface area contributed by atoms with Crippen LogP contribution in [0.4, 0.5) is 5.69 Å². The molecular formula is C14H18N2O3. The van der Waals surface area contributed by atoms with E-state index in [1.54, 1.807) is 29.2 Å². The summed E-state index contributed by atoms with van der Waals surface area (Å²) in [5.74, 6) is -0.120. The minimum absolute atomic E-state index is 0.00419. The van der Waals surface area contributed by atoms with Crippen LogP contribution in [0.3, 0.4) is 0 Å². The highest BCUT2D eigenvalue weighted by Gasteiger charge is 2.22. The number of nitrogens with one attached hydrogen (secondary N) is 1. The van der Waals surface area contributed by atoms with Gasteiger partial charge >= 0.3 is 0 Å². The summed E-state index contributed by atoms with van der Waals surface area (Å²) in [4.78, 5) is 25.0. The van der Waals surface area contributed by atoms with Crippen LogP contribution >= 0.6 is 0 Å². The summed E-state index contributed by atoms with van der Waals surface area (Å²) in [5, 5.41) is 2.67. The molecule has 5 nitrogen and oxygen atoms in total. The van der Waals surface area contributed by atoms with Crippen LogP contribution in [0, 0.1) is 0 Å². The number of hydrogen-bond acceptors (Lipinski definition) is 3. The molecule has 0 aliphatic carbocycles. The lowest BCUT2D eigenvalue weighted by Crippen LogP contribution is -2.44. The predicted molar refractivity (Wildman–Crippen MR) is 72.1 cm³/mol. The molecule has 0 unspecified atom stereocenters. The summed E-state index contributed by atoms with van der Waals surface area (Å²) in [7, 11) is 0. The van der Waals surface area contributed by atoms with Gasteiger partial charge in [0.15, 0.2) is 0 Å². The zero-order chi connectivity index (χ0) is 13.8. The van der Waals surface area contributed by atoms with Crippen molar-refractivity contribution in [3.05, 3.63) is 29.8 Å². The van der Waals surface area contributed by atoms with Crippen LogP contribution in [0.25, 0.3) is 0 Å². The molecule has 2 rings (SSSR count). The van der Waals surface area contributed by atoms with Crippen molar-refractivity contribution < 1.29 is 14.3 Å². The molecule has 0 radical (unpaired) electrons. The van der Waals surface area contributed by atoms with Crippen molar-refractivity contribution in [2.75, 3.05) is 25.0 Å². The molecule has 1 aliphatic heterocycles. The third-order valence-electron chi connectivity index (χ3n) is 2.98. The highest BCUT2D eigenvalue weighted by atomic mass is 16.5. The van der Waals surface area contributed by atoms with Crippen molar-refractivity contribution in [1.82, 2.24) is 4.90 Å². The van der Waals surface area contributed by atoms with Crippen molar-refractivity contribution in [2.24, 2.45) is 0 Å². The second-order valence-electron chi connectivity index (χ2n) is 4.69. The Labute approximate surface area is 112 Å². The summed E-state index contributed by atoms with van der Waals surface area (Å²) < 4.78 is 5.42. The standard InChI is InChI=1S/C14H18N2O3/c1-10-9-16(7-8-19-10)14(18)12-3-5-13(6-4-12)15-11(2)17/h3-6,10H,7-9H2,1-2H3,(H,15,17)/t10-/m0/s1. The monoisotopic (exact) mass is 262 g/mol. The third-order valence-corrected chi connectivity index (χ3v) is 2.98. The number of carbonyl (C=O) groups is 2. The number of amides is 2. The van der Waals surface area contributed by atoms with Crippen molar-refractivity contribution in [1.29, 1.82) is 0 Å². The molecule has 0 bridgehead atoms. The molecule has 19 heavy (non-hydrogen) atoms. The molecule has 0 saturated carbocycles. The van der Waals surface area contributed by atoms with E-state index in [0.717, 1.165) is 0 Å². The van der Waals surface area contributed by atoms with Gasteiger partial charge in [0.2, 0.25) is 5.91 Å². The fraction of sp³-hybridized carbons (Fsp3) is 0.429. The van der Waals surface area contributed by atoms with E-state index < -0.39 is 0 Å². The predicted octanol–water partition coefficient (Wildman–Crippen LogP) is 1.51. The number of rotatable bonds is 2. The number of anilines is 1. The van der Waals surface area contributed by atoms with Crippen LogP contribution in [-0.4, -0.2) is 42.5 Å². The Morgan fingerprint density at radius 2 is 2.00 bits per heavy atom. The summed E-state index contributed by atoms with van der Waals surface area (Å²) in [6.07, 6.45) is 0.0800. The molecule has 1 atom stereocenters. The smallest absolute Gasteiger partial charge is 0.254 e. The van der Waals surface area contributed by atoms with Gasteiger partial charge in [-0.15, -0.1) is 0 Å². The van der Waals surface area contributed by atoms with Gasteiger partial charge in [-0.2, -0.15) is 0 Å². The van der Waals surface area contributed by atoms with Crippen LogP contribution in [0.1, 0.15) is 24.2 Å². The van der Waals surface area contributed by atoms with Gasteiger partial charge in [0.25, 0.3) is 5.91 Å². The molecule has 1 aliphatic rings. The Balaban J connectivity index is 2.04. The van der Waals surface area contributed by atoms with E-state index in [2.05, 4.69) is 5.32 Å². The molecule has 0 aromatic heterocycles. The van der Waals surface area contributed by atoms with Crippen LogP contribution < -0.4 is 5.32 Å². The lowest BCUT2D eigenvalue weighted by molar-refractivity contribution is -0.114. The van der Waals surface area contributed by atoms with Crippen molar-refractivity contribution in [3.63, 3.8) is 0 Å². The number of benzene rings is 1. The quantitative estimate of drug-likeness (QED) is 0.878. The Morgan fingerprint density at radius 3 is 2.58 bits per heavy atom. The molecular weight excluding hydrogens is 244 g/mol. The van der Waals surface area contributed by atoms with E-state index in [9.17, 15) is 9.59 Å². The van der Waals surface area contributed by atoms with Crippen LogP contribution in [-0.2, 0) is 9.53 Å². The van der Waals surface area contributed by atoms with Crippen LogP contribution in [0.5, 0.6) is 0 Å². The third kappa shape index (κ3) is 3.54. The maximum Gasteiger partial charge on any atom is 0.254 e. The summed E-state index contributed by atoms with van der Waals surface area (Å²) in [6, 6.07) is 6.93. The fourth-order valence-corrected chi connectivity index (χ4v) is 2.08. The maximum atomic E-state index is 12.3. The van der Waals surface area contributed by atoms with Gasteiger partial charge in [-0.25, -0.2) is 0 Å². The molecule has 1 heterocycles. The molecule has 2 amide bonds. The SMILES string of the molecule is CC(=O)Nc1ccc(C(=O)N2CCO[C@@H](C)C2)cc1. The van der Waals surface area contributed by atoms with Crippen LogP contribution in [0.15, 0.2) is 24.3 Å². The second-order valence-corrected chi connectivity index (χ2v) is 4.69. The fourth-order valence-electron chi connectivity index (χ4n) is 2.08. The first-order valence-electron chi connectivity index (χ1n) is 6.35. The van der Waals surface area contributed by atoms with Gasteiger partial charge in [0, 0.05) is 31.3 Å². The minimum Gasteiger partial charge on any atom is -0.375 e. The van der Waals surface area contributed by atoms with E-state index in [4.69, 9.17) is 4.74 Å². The molecule has 102 valence electrons. The Kier molecular flexibility index (Phi) is 4.16. The first-order valence-corrected chi connectivity index (χ1v) is 6.35. The van der Waals surface area contributed by atoms with Crippen molar-refractivity contribution >= 4 is 17.5 Å². The number of hydrogen-bond donors (Lipinski definition) is 1. The number of ether oxygens (including phenoxy) is 1. The van der Waals surface area contributed by atoms with E-state index in [1.165, 1.54) is 6.92 Å². The van der Waals surface area contributed by atoms with E-state index in [1.807, 2.05) is 6.92 Å². The summed E-state index contributed by atoms with van der Waals surface area (Å²) >= 11 is 0. The Bertz CT molecular complexity index is 470. The highest BCUT2D eigenvalue weighted by molar-refractivity contribution is 5.95. The van der Waals surface area contributed by atoms with Gasteiger partial charge < -0.3 is 15.0 Å².